The van der Waals surface area contributed by atoms with Crippen molar-refractivity contribution in [2.75, 3.05) is 6.54 Å². The first-order valence-electron chi connectivity index (χ1n) is 4.83. The molecule has 0 aromatic heterocycles. The van der Waals surface area contributed by atoms with Gasteiger partial charge in [0.05, 0.1) is 0 Å². The Hall–Kier alpha value is -0.340. The highest BCUT2D eigenvalue weighted by molar-refractivity contribution is 9.10. The largest absolute Gasteiger partial charge is 0.314 e. The van der Waals surface area contributed by atoms with Crippen LogP contribution in [0, 0.1) is 0 Å². The maximum atomic E-state index is 3.55. The zero-order valence-electron chi connectivity index (χ0n) is 7.59. The van der Waals surface area contributed by atoms with Gasteiger partial charge in [-0.3, -0.25) is 0 Å². The normalized spacial score (nSPS) is 16.1. The number of benzene rings is 1. The van der Waals surface area contributed by atoms with E-state index in [0.717, 1.165) is 19.0 Å². The molecule has 1 N–H and O–H groups in total. The van der Waals surface area contributed by atoms with E-state index < -0.39 is 0 Å². The van der Waals surface area contributed by atoms with Crippen LogP contribution in [0.1, 0.15) is 18.4 Å². The summed E-state index contributed by atoms with van der Waals surface area (Å²) in [5.74, 6) is 0. The van der Waals surface area contributed by atoms with E-state index in [0.29, 0.717) is 0 Å². The number of hydrogen-bond donors (Lipinski definition) is 1. The highest BCUT2D eigenvalue weighted by Gasteiger charge is 2.19. The van der Waals surface area contributed by atoms with Gasteiger partial charge in [-0.05, 0) is 37.4 Å². The molecule has 1 aliphatic rings. The fourth-order valence-corrected chi connectivity index (χ4v) is 1.88. The average molecular weight is 240 g/mol. The standard InChI is InChI=1S/C11H14BrN/c12-11-4-2-1-3-9(11)7-8-13-10-5-6-10/h1-4,10,13H,5-8H2. The van der Waals surface area contributed by atoms with Gasteiger partial charge in [0.25, 0.3) is 0 Å². The quantitative estimate of drug-likeness (QED) is 0.853. The van der Waals surface area contributed by atoms with Crippen LogP contribution >= 0.6 is 15.9 Å². The van der Waals surface area contributed by atoms with Crippen molar-refractivity contribution in [3.8, 4) is 0 Å². The highest BCUT2D eigenvalue weighted by atomic mass is 79.9. The van der Waals surface area contributed by atoms with E-state index in [2.05, 4.69) is 45.5 Å². The fourth-order valence-electron chi connectivity index (χ4n) is 1.40. The topological polar surface area (TPSA) is 12.0 Å². The number of halogens is 1. The van der Waals surface area contributed by atoms with Gasteiger partial charge in [0.15, 0.2) is 0 Å². The minimum atomic E-state index is 0.822. The highest BCUT2D eigenvalue weighted by Crippen LogP contribution is 2.19. The zero-order chi connectivity index (χ0) is 9.10. The Morgan fingerprint density at radius 3 is 2.77 bits per heavy atom. The predicted molar refractivity (Wildman–Crippen MR) is 58.9 cm³/mol. The molecular formula is C11H14BrN. The number of hydrogen-bond acceptors (Lipinski definition) is 1. The van der Waals surface area contributed by atoms with Crippen LogP contribution in [-0.4, -0.2) is 12.6 Å². The molecule has 0 atom stereocenters. The molecule has 1 aromatic rings. The minimum Gasteiger partial charge on any atom is -0.314 e. The third-order valence-electron chi connectivity index (χ3n) is 2.36. The van der Waals surface area contributed by atoms with Gasteiger partial charge >= 0.3 is 0 Å². The Balaban J connectivity index is 1.82. The van der Waals surface area contributed by atoms with Crippen molar-refractivity contribution >= 4 is 15.9 Å². The van der Waals surface area contributed by atoms with Gasteiger partial charge < -0.3 is 5.32 Å². The average Bonchev–Trinajstić information content (AvgIpc) is 2.92. The van der Waals surface area contributed by atoms with Crippen LogP contribution in [0.4, 0.5) is 0 Å². The van der Waals surface area contributed by atoms with Crippen LogP contribution in [-0.2, 0) is 6.42 Å². The van der Waals surface area contributed by atoms with Crippen molar-refractivity contribution in [2.45, 2.75) is 25.3 Å². The molecule has 2 rings (SSSR count). The van der Waals surface area contributed by atoms with E-state index in [1.807, 2.05) is 0 Å². The molecule has 0 unspecified atom stereocenters. The molecule has 0 aliphatic heterocycles. The summed E-state index contributed by atoms with van der Waals surface area (Å²) in [7, 11) is 0. The predicted octanol–water partition coefficient (Wildman–Crippen LogP) is 2.74. The maximum absolute atomic E-state index is 3.55. The Kier molecular flexibility index (Phi) is 3.01. The van der Waals surface area contributed by atoms with E-state index in [1.54, 1.807) is 0 Å². The molecule has 1 nitrogen and oxygen atoms in total. The Labute approximate surface area is 87.7 Å². The summed E-state index contributed by atoms with van der Waals surface area (Å²) in [6.07, 6.45) is 3.86. The molecule has 2 heteroatoms. The summed E-state index contributed by atoms with van der Waals surface area (Å²) in [5.41, 5.74) is 1.40. The van der Waals surface area contributed by atoms with Crippen molar-refractivity contribution in [1.29, 1.82) is 0 Å². The SMILES string of the molecule is Brc1ccccc1CCNC1CC1. The third kappa shape index (κ3) is 2.82. The summed E-state index contributed by atoms with van der Waals surface area (Å²) in [5, 5.41) is 3.51. The lowest BCUT2D eigenvalue weighted by Gasteiger charge is -2.04. The van der Waals surface area contributed by atoms with Crippen LogP contribution in [0.2, 0.25) is 0 Å². The summed E-state index contributed by atoms with van der Waals surface area (Å²) in [6, 6.07) is 9.26. The molecule has 1 saturated carbocycles. The maximum Gasteiger partial charge on any atom is 0.0207 e. The van der Waals surface area contributed by atoms with Crippen LogP contribution in [0.5, 0.6) is 0 Å². The fraction of sp³-hybridized carbons (Fsp3) is 0.455. The van der Waals surface area contributed by atoms with Crippen molar-refractivity contribution in [2.24, 2.45) is 0 Å². The summed E-state index contributed by atoms with van der Waals surface area (Å²) in [4.78, 5) is 0. The smallest absolute Gasteiger partial charge is 0.0207 e. The van der Waals surface area contributed by atoms with Crippen LogP contribution in [0.15, 0.2) is 28.7 Å². The second kappa shape index (κ2) is 4.25. The zero-order valence-corrected chi connectivity index (χ0v) is 9.18. The Morgan fingerprint density at radius 1 is 1.31 bits per heavy atom. The van der Waals surface area contributed by atoms with Crippen LogP contribution in [0.25, 0.3) is 0 Å². The molecule has 0 bridgehead atoms. The molecule has 1 aromatic carbocycles. The van der Waals surface area contributed by atoms with E-state index in [-0.39, 0.29) is 0 Å². The van der Waals surface area contributed by atoms with Gasteiger partial charge in [0, 0.05) is 10.5 Å². The van der Waals surface area contributed by atoms with Crippen molar-refractivity contribution < 1.29 is 0 Å². The molecule has 1 aliphatic carbocycles. The van der Waals surface area contributed by atoms with Crippen molar-refractivity contribution in [1.82, 2.24) is 5.32 Å². The molecule has 1 fully saturated rings. The first-order valence-corrected chi connectivity index (χ1v) is 5.62. The van der Waals surface area contributed by atoms with Crippen LogP contribution < -0.4 is 5.32 Å². The second-order valence-corrected chi connectivity index (χ2v) is 4.42. The lowest BCUT2D eigenvalue weighted by atomic mass is 10.1. The molecule has 0 heterocycles. The van der Waals surface area contributed by atoms with Gasteiger partial charge in [0.1, 0.15) is 0 Å². The molecule has 13 heavy (non-hydrogen) atoms. The van der Waals surface area contributed by atoms with Gasteiger partial charge in [-0.1, -0.05) is 34.1 Å². The van der Waals surface area contributed by atoms with Gasteiger partial charge in [-0.25, -0.2) is 0 Å². The van der Waals surface area contributed by atoms with Crippen LogP contribution in [0.3, 0.4) is 0 Å². The van der Waals surface area contributed by atoms with Crippen molar-refractivity contribution in [3.05, 3.63) is 34.3 Å². The van der Waals surface area contributed by atoms with E-state index >= 15 is 0 Å². The van der Waals surface area contributed by atoms with Crippen molar-refractivity contribution in [3.63, 3.8) is 0 Å². The van der Waals surface area contributed by atoms with E-state index in [9.17, 15) is 0 Å². The summed E-state index contributed by atoms with van der Waals surface area (Å²) in [6.45, 7) is 1.10. The number of rotatable bonds is 4. The Bertz CT molecular complexity index is 281. The monoisotopic (exact) mass is 239 g/mol. The minimum absolute atomic E-state index is 0.822. The molecule has 0 saturated heterocycles. The summed E-state index contributed by atoms with van der Waals surface area (Å²) >= 11 is 3.55. The van der Waals surface area contributed by atoms with Gasteiger partial charge in [-0.2, -0.15) is 0 Å². The Morgan fingerprint density at radius 2 is 2.08 bits per heavy atom. The third-order valence-corrected chi connectivity index (χ3v) is 3.14. The molecular weight excluding hydrogens is 226 g/mol. The first-order chi connectivity index (χ1) is 6.36. The van der Waals surface area contributed by atoms with E-state index in [4.69, 9.17) is 0 Å². The first kappa shape index (κ1) is 9.22. The van der Waals surface area contributed by atoms with Gasteiger partial charge in [-0.15, -0.1) is 0 Å². The lowest BCUT2D eigenvalue weighted by Crippen LogP contribution is -2.19. The summed E-state index contributed by atoms with van der Waals surface area (Å²) < 4.78 is 1.23. The molecule has 0 radical (unpaired) electrons. The van der Waals surface area contributed by atoms with Gasteiger partial charge in [0.2, 0.25) is 0 Å². The molecule has 70 valence electrons. The lowest BCUT2D eigenvalue weighted by molar-refractivity contribution is 0.681. The second-order valence-electron chi connectivity index (χ2n) is 3.57. The molecule has 0 amide bonds. The van der Waals surface area contributed by atoms with E-state index in [1.165, 1.54) is 22.9 Å². The number of nitrogens with one attached hydrogen (secondary N) is 1. The molecule has 0 spiro atoms.